The van der Waals surface area contributed by atoms with Crippen LogP contribution in [0.25, 0.3) is 0 Å². The molecule has 82 valence electrons. The molecule has 1 heterocycles. The van der Waals surface area contributed by atoms with Crippen molar-refractivity contribution in [3.05, 3.63) is 27.7 Å². The summed E-state index contributed by atoms with van der Waals surface area (Å²) in [6.07, 6.45) is 0.678. The Labute approximate surface area is 102 Å². The van der Waals surface area contributed by atoms with Crippen molar-refractivity contribution < 1.29 is 8.42 Å². The van der Waals surface area contributed by atoms with Gasteiger partial charge in [-0.1, -0.05) is 11.6 Å². The Balaban J connectivity index is 2.46. The van der Waals surface area contributed by atoms with E-state index in [0.29, 0.717) is 28.1 Å². The second-order valence-corrected chi connectivity index (χ2v) is 6.64. The van der Waals surface area contributed by atoms with Gasteiger partial charge in [-0.25, -0.2) is 8.42 Å². The number of benzene rings is 1. The molecule has 0 amide bonds. The summed E-state index contributed by atoms with van der Waals surface area (Å²) in [5.74, 6) is 0.224. The molecule has 0 saturated carbocycles. The lowest BCUT2D eigenvalue weighted by molar-refractivity contribution is 0.599. The summed E-state index contributed by atoms with van der Waals surface area (Å²) in [6, 6.07) is 5.11. The molecular formula is C9H9BrClNO2S. The van der Waals surface area contributed by atoms with Crippen LogP contribution in [0.15, 0.2) is 22.7 Å². The van der Waals surface area contributed by atoms with Crippen LogP contribution in [0.5, 0.6) is 0 Å². The lowest BCUT2D eigenvalue weighted by Gasteiger charge is -2.18. The quantitative estimate of drug-likeness (QED) is 0.799. The summed E-state index contributed by atoms with van der Waals surface area (Å²) < 4.78 is 25.5. The molecule has 6 heteroatoms. The average Bonchev–Trinajstić information content (AvgIpc) is 2.46. The molecule has 15 heavy (non-hydrogen) atoms. The highest BCUT2D eigenvalue weighted by Gasteiger charge is 2.29. The number of hydrogen-bond acceptors (Lipinski definition) is 2. The van der Waals surface area contributed by atoms with Crippen LogP contribution in [0.3, 0.4) is 0 Å². The minimum absolute atomic E-state index is 0.224. The predicted molar refractivity (Wildman–Crippen MR) is 64.9 cm³/mol. The van der Waals surface area contributed by atoms with Crippen molar-refractivity contribution in [2.45, 2.75) is 6.42 Å². The number of halogens is 2. The Hall–Kier alpha value is -0.260. The van der Waals surface area contributed by atoms with Gasteiger partial charge in [-0.3, -0.25) is 4.31 Å². The first kappa shape index (κ1) is 11.2. The average molecular weight is 311 g/mol. The van der Waals surface area contributed by atoms with Crippen molar-refractivity contribution in [1.29, 1.82) is 0 Å². The number of nitrogens with zero attached hydrogens (tertiary/aromatic N) is 1. The van der Waals surface area contributed by atoms with E-state index in [-0.39, 0.29) is 5.75 Å². The fourth-order valence-corrected chi connectivity index (χ4v) is 4.19. The minimum Gasteiger partial charge on any atom is -0.269 e. The minimum atomic E-state index is -3.12. The summed E-state index contributed by atoms with van der Waals surface area (Å²) in [5.41, 5.74) is 0.664. The maximum Gasteiger partial charge on any atom is 0.235 e. The van der Waals surface area contributed by atoms with Gasteiger partial charge in [0.15, 0.2) is 0 Å². The van der Waals surface area contributed by atoms with Crippen molar-refractivity contribution in [2.24, 2.45) is 0 Å². The van der Waals surface area contributed by atoms with Gasteiger partial charge < -0.3 is 0 Å². The van der Waals surface area contributed by atoms with Gasteiger partial charge >= 0.3 is 0 Å². The molecule has 0 atom stereocenters. The third kappa shape index (κ3) is 2.14. The van der Waals surface area contributed by atoms with E-state index in [9.17, 15) is 8.42 Å². The van der Waals surface area contributed by atoms with Gasteiger partial charge in [-0.2, -0.15) is 0 Å². The molecule has 1 aliphatic heterocycles. The zero-order valence-electron chi connectivity index (χ0n) is 7.78. The molecule has 0 radical (unpaired) electrons. The zero-order chi connectivity index (χ0) is 11.1. The van der Waals surface area contributed by atoms with Crippen LogP contribution in [0.4, 0.5) is 5.69 Å². The summed E-state index contributed by atoms with van der Waals surface area (Å²) in [4.78, 5) is 0. The molecule has 1 aromatic carbocycles. The third-order valence-corrected chi connectivity index (χ3v) is 5.00. The molecule has 0 unspecified atom stereocenters. The molecule has 1 aliphatic rings. The Kier molecular flexibility index (Phi) is 2.96. The van der Waals surface area contributed by atoms with Crippen molar-refractivity contribution in [3.63, 3.8) is 0 Å². The van der Waals surface area contributed by atoms with Crippen molar-refractivity contribution in [2.75, 3.05) is 16.6 Å². The van der Waals surface area contributed by atoms with Gasteiger partial charge in [0.25, 0.3) is 0 Å². The van der Waals surface area contributed by atoms with Crippen LogP contribution in [0.1, 0.15) is 6.42 Å². The summed E-state index contributed by atoms with van der Waals surface area (Å²) >= 11 is 9.11. The van der Waals surface area contributed by atoms with Gasteiger partial charge in [0.05, 0.1) is 11.4 Å². The van der Waals surface area contributed by atoms with Gasteiger partial charge in [0.1, 0.15) is 0 Å². The Bertz CT molecular complexity index is 489. The van der Waals surface area contributed by atoms with Gasteiger partial charge in [0, 0.05) is 16.0 Å². The van der Waals surface area contributed by atoms with Crippen LogP contribution in [0, 0.1) is 0 Å². The topological polar surface area (TPSA) is 37.4 Å². The number of hydrogen-bond donors (Lipinski definition) is 0. The second-order valence-electron chi connectivity index (χ2n) is 3.34. The highest BCUT2D eigenvalue weighted by molar-refractivity contribution is 9.10. The van der Waals surface area contributed by atoms with Crippen molar-refractivity contribution >= 4 is 43.2 Å². The Morgan fingerprint density at radius 1 is 1.40 bits per heavy atom. The van der Waals surface area contributed by atoms with Crippen LogP contribution < -0.4 is 4.31 Å². The maximum absolute atomic E-state index is 11.7. The Morgan fingerprint density at radius 3 is 2.67 bits per heavy atom. The molecule has 0 aromatic heterocycles. The fraction of sp³-hybridized carbons (Fsp3) is 0.333. The maximum atomic E-state index is 11.7. The number of anilines is 1. The van der Waals surface area contributed by atoms with E-state index in [4.69, 9.17) is 11.6 Å². The third-order valence-electron chi connectivity index (χ3n) is 2.28. The standard InChI is InChI=1S/C9H9BrClNO2S/c10-8-6-7(11)2-3-9(8)12-4-1-5-15(12,13)14/h2-3,6H,1,4-5H2. The molecule has 1 aromatic rings. The van der Waals surface area contributed by atoms with E-state index < -0.39 is 10.0 Å². The highest BCUT2D eigenvalue weighted by Crippen LogP contribution is 2.33. The predicted octanol–water partition coefficient (Wildman–Crippen LogP) is 2.64. The van der Waals surface area contributed by atoms with E-state index in [0.717, 1.165) is 0 Å². The van der Waals surface area contributed by atoms with Crippen LogP contribution >= 0.6 is 27.5 Å². The molecule has 3 nitrogen and oxygen atoms in total. The van der Waals surface area contributed by atoms with E-state index in [2.05, 4.69) is 15.9 Å². The van der Waals surface area contributed by atoms with Crippen LogP contribution in [0.2, 0.25) is 5.02 Å². The lowest BCUT2D eigenvalue weighted by atomic mass is 10.3. The molecule has 1 saturated heterocycles. The molecule has 0 aliphatic carbocycles. The second kappa shape index (κ2) is 3.96. The molecule has 0 bridgehead atoms. The first-order valence-corrected chi connectivity index (χ1v) is 7.24. The lowest BCUT2D eigenvalue weighted by Crippen LogP contribution is -2.25. The van der Waals surface area contributed by atoms with Crippen molar-refractivity contribution in [1.82, 2.24) is 0 Å². The fourth-order valence-electron chi connectivity index (χ4n) is 1.59. The summed E-state index contributed by atoms with van der Waals surface area (Å²) in [6.45, 7) is 0.544. The summed E-state index contributed by atoms with van der Waals surface area (Å²) in [5, 5.41) is 0.585. The Morgan fingerprint density at radius 2 is 2.13 bits per heavy atom. The molecular weight excluding hydrogens is 302 g/mol. The monoisotopic (exact) mass is 309 g/mol. The van der Waals surface area contributed by atoms with Crippen molar-refractivity contribution in [3.8, 4) is 0 Å². The number of sulfonamides is 1. The molecule has 0 N–H and O–H groups in total. The first-order chi connectivity index (χ1) is 7.00. The van der Waals surface area contributed by atoms with Gasteiger partial charge in [-0.15, -0.1) is 0 Å². The molecule has 0 spiro atoms. The highest BCUT2D eigenvalue weighted by atomic mass is 79.9. The van der Waals surface area contributed by atoms with E-state index in [1.807, 2.05) is 0 Å². The number of rotatable bonds is 1. The zero-order valence-corrected chi connectivity index (χ0v) is 10.9. The largest absolute Gasteiger partial charge is 0.269 e. The smallest absolute Gasteiger partial charge is 0.235 e. The molecule has 1 fully saturated rings. The summed E-state index contributed by atoms with van der Waals surface area (Å²) in [7, 11) is -3.12. The van der Waals surface area contributed by atoms with E-state index in [1.165, 1.54) is 4.31 Å². The van der Waals surface area contributed by atoms with E-state index >= 15 is 0 Å². The van der Waals surface area contributed by atoms with Gasteiger partial charge in [-0.05, 0) is 40.5 Å². The normalized spacial score (nSPS) is 19.5. The molecule has 2 rings (SSSR count). The van der Waals surface area contributed by atoms with Crippen LogP contribution in [-0.2, 0) is 10.0 Å². The van der Waals surface area contributed by atoms with Crippen LogP contribution in [-0.4, -0.2) is 20.7 Å². The SMILES string of the molecule is O=S1(=O)CCCN1c1ccc(Cl)cc1Br. The first-order valence-electron chi connectivity index (χ1n) is 4.46. The van der Waals surface area contributed by atoms with E-state index in [1.54, 1.807) is 18.2 Å². The van der Waals surface area contributed by atoms with Gasteiger partial charge in [0.2, 0.25) is 10.0 Å².